The Morgan fingerprint density at radius 1 is 0.957 bits per heavy atom. The highest BCUT2D eigenvalue weighted by Crippen LogP contribution is 2.24. The molecule has 4 aromatic heterocycles. The van der Waals surface area contributed by atoms with Gasteiger partial charge < -0.3 is 4.57 Å². The zero-order chi connectivity index (χ0) is 15.2. The van der Waals surface area contributed by atoms with Gasteiger partial charge in [-0.3, -0.25) is 0 Å². The fourth-order valence-corrected chi connectivity index (χ4v) is 3.40. The molecule has 5 rings (SSSR count). The molecule has 0 fully saturated rings. The highest BCUT2D eigenvalue weighted by Gasteiger charge is 2.10. The van der Waals surface area contributed by atoms with Crippen molar-refractivity contribution in [3.8, 4) is 17.1 Å². The van der Waals surface area contributed by atoms with Crippen molar-refractivity contribution >= 4 is 27.2 Å². The Balaban J connectivity index is 1.62. The summed E-state index contributed by atoms with van der Waals surface area (Å²) in [6.45, 7) is 0. The second-order valence-corrected chi connectivity index (χ2v) is 6.12. The molecule has 1 aromatic carbocycles. The molecule has 110 valence electrons. The maximum Gasteiger partial charge on any atom is 0.182 e. The van der Waals surface area contributed by atoms with Crippen LogP contribution in [-0.2, 0) is 0 Å². The first-order valence-electron chi connectivity index (χ1n) is 7.21. The minimum absolute atomic E-state index is 0.713. The summed E-state index contributed by atoms with van der Waals surface area (Å²) in [4.78, 5) is 10.1. The van der Waals surface area contributed by atoms with Crippen molar-refractivity contribution < 1.29 is 0 Å². The molecule has 0 N–H and O–H groups in total. The Morgan fingerprint density at radius 3 is 2.61 bits per heavy atom. The van der Waals surface area contributed by atoms with Gasteiger partial charge in [0.05, 0.1) is 5.39 Å². The van der Waals surface area contributed by atoms with Gasteiger partial charge in [0.1, 0.15) is 11.2 Å². The normalized spacial score (nSPS) is 11.5. The van der Waals surface area contributed by atoms with Crippen LogP contribution in [0.4, 0.5) is 0 Å². The second-order valence-electron chi connectivity index (χ2n) is 5.22. The first-order chi connectivity index (χ1) is 11.4. The molecule has 0 unspecified atom stereocenters. The lowest BCUT2D eigenvalue weighted by atomic mass is 10.2. The Morgan fingerprint density at radius 2 is 1.78 bits per heavy atom. The summed E-state index contributed by atoms with van der Waals surface area (Å²) in [7, 11) is 0. The SMILES string of the molecule is c1ccn(-c2ccc(-c3nc4c5ccsc5ncn4n3)cc2)c1. The predicted octanol–water partition coefficient (Wildman–Crippen LogP) is 3.80. The van der Waals surface area contributed by atoms with Gasteiger partial charge in [0, 0.05) is 23.6 Å². The molecule has 0 radical (unpaired) electrons. The van der Waals surface area contributed by atoms with Crippen molar-refractivity contribution in [1.82, 2.24) is 24.1 Å². The molecule has 23 heavy (non-hydrogen) atoms. The molecule has 5 aromatic rings. The molecule has 4 heterocycles. The Bertz CT molecular complexity index is 1100. The molecule has 0 aliphatic rings. The number of hydrogen-bond donors (Lipinski definition) is 0. The molecular formula is C17H11N5S. The van der Waals surface area contributed by atoms with Gasteiger partial charge in [0.2, 0.25) is 0 Å². The van der Waals surface area contributed by atoms with Gasteiger partial charge in [-0.1, -0.05) is 0 Å². The van der Waals surface area contributed by atoms with Gasteiger partial charge in [0.25, 0.3) is 0 Å². The van der Waals surface area contributed by atoms with Crippen LogP contribution in [0.5, 0.6) is 0 Å². The molecule has 0 saturated carbocycles. The average molecular weight is 317 g/mol. The molecule has 0 atom stereocenters. The van der Waals surface area contributed by atoms with E-state index in [1.807, 2.05) is 48.1 Å². The molecule has 0 saturated heterocycles. The standard InChI is InChI=1S/C17H11N5S/c1-2-9-21(8-1)13-5-3-12(4-6-13)15-19-16-14-7-10-23-17(14)18-11-22(16)20-15/h1-11H. The van der Waals surface area contributed by atoms with E-state index in [0.29, 0.717) is 5.82 Å². The number of aromatic nitrogens is 5. The van der Waals surface area contributed by atoms with Gasteiger partial charge in [-0.25, -0.2) is 14.5 Å². The third kappa shape index (κ3) is 1.96. The van der Waals surface area contributed by atoms with Gasteiger partial charge >= 0.3 is 0 Å². The van der Waals surface area contributed by atoms with E-state index in [-0.39, 0.29) is 0 Å². The molecule has 0 amide bonds. The third-order valence-corrected chi connectivity index (χ3v) is 4.65. The van der Waals surface area contributed by atoms with Crippen molar-refractivity contribution in [2.24, 2.45) is 0 Å². The third-order valence-electron chi connectivity index (χ3n) is 3.83. The first kappa shape index (κ1) is 12.5. The Labute approximate surface area is 135 Å². The number of hydrogen-bond acceptors (Lipinski definition) is 4. The number of fused-ring (bicyclic) bond motifs is 3. The summed E-state index contributed by atoms with van der Waals surface area (Å²) in [5.41, 5.74) is 2.96. The largest absolute Gasteiger partial charge is 0.324 e. The zero-order valence-electron chi connectivity index (χ0n) is 12.0. The monoisotopic (exact) mass is 317 g/mol. The fourth-order valence-electron chi connectivity index (χ4n) is 2.68. The molecule has 6 heteroatoms. The quantitative estimate of drug-likeness (QED) is 0.497. The number of nitrogens with zero attached hydrogens (tertiary/aromatic N) is 5. The van der Waals surface area contributed by atoms with Crippen LogP contribution in [0, 0.1) is 0 Å². The van der Waals surface area contributed by atoms with E-state index < -0.39 is 0 Å². The maximum absolute atomic E-state index is 4.69. The van der Waals surface area contributed by atoms with Gasteiger partial charge in [-0.05, 0) is 47.8 Å². The summed E-state index contributed by atoms with van der Waals surface area (Å²) in [5, 5.41) is 7.61. The van der Waals surface area contributed by atoms with Gasteiger partial charge in [-0.2, -0.15) is 0 Å². The maximum atomic E-state index is 4.69. The number of thiophene rings is 1. The highest BCUT2D eigenvalue weighted by molar-refractivity contribution is 7.16. The van der Waals surface area contributed by atoms with Crippen LogP contribution in [0.2, 0.25) is 0 Å². The molecule has 0 bridgehead atoms. The van der Waals surface area contributed by atoms with E-state index in [2.05, 4.69) is 31.8 Å². The second kappa shape index (κ2) is 4.76. The van der Waals surface area contributed by atoms with Crippen LogP contribution in [0.25, 0.3) is 32.9 Å². The minimum Gasteiger partial charge on any atom is -0.324 e. The van der Waals surface area contributed by atoms with Crippen molar-refractivity contribution in [3.05, 3.63) is 66.6 Å². The van der Waals surface area contributed by atoms with E-state index >= 15 is 0 Å². The highest BCUT2D eigenvalue weighted by atomic mass is 32.1. The van der Waals surface area contributed by atoms with Crippen LogP contribution >= 0.6 is 11.3 Å². The number of rotatable bonds is 2. The fraction of sp³-hybridized carbons (Fsp3) is 0. The summed E-state index contributed by atoms with van der Waals surface area (Å²) in [5.74, 6) is 0.713. The van der Waals surface area contributed by atoms with E-state index in [4.69, 9.17) is 0 Å². The van der Waals surface area contributed by atoms with E-state index in [0.717, 1.165) is 27.1 Å². The minimum atomic E-state index is 0.713. The van der Waals surface area contributed by atoms with Crippen LogP contribution in [0.3, 0.4) is 0 Å². The summed E-state index contributed by atoms with van der Waals surface area (Å²) >= 11 is 1.61. The van der Waals surface area contributed by atoms with Crippen molar-refractivity contribution in [1.29, 1.82) is 0 Å². The summed E-state index contributed by atoms with van der Waals surface area (Å²) in [6, 6.07) is 14.3. The topological polar surface area (TPSA) is 48.0 Å². The predicted molar refractivity (Wildman–Crippen MR) is 90.9 cm³/mol. The lowest BCUT2D eigenvalue weighted by Crippen LogP contribution is -1.90. The molecule has 0 aliphatic heterocycles. The Kier molecular flexibility index (Phi) is 2.59. The summed E-state index contributed by atoms with van der Waals surface area (Å²) in [6.07, 6.45) is 5.77. The van der Waals surface area contributed by atoms with Crippen molar-refractivity contribution in [2.45, 2.75) is 0 Å². The van der Waals surface area contributed by atoms with E-state index in [9.17, 15) is 0 Å². The van der Waals surface area contributed by atoms with Crippen LogP contribution < -0.4 is 0 Å². The molecular weight excluding hydrogens is 306 g/mol. The average Bonchev–Trinajstić information content (AvgIpc) is 3.32. The van der Waals surface area contributed by atoms with Crippen molar-refractivity contribution in [2.75, 3.05) is 0 Å². The lowest BCUT2D eigenvalue weighted by molar-refractivity contribution is 0.940. The molecule has 5 nitrogen and oxygen atoms in total. The lowest BCUT2D eigenvalue weighted by Gasteiger charge is -2.02. The smallest absolute Gasteiger partial charge is 0.182 e. The molecule has 0 spiro atoms. The summed E-state index contributed by atoms with van der Waals surface area (Å²) < 4.78 is 3.81. The number of benzene rings is 1. The van der Waals surface area contributed by atoms with Crippen LogP contribution in [0.15, 0.2) is 66.6 Å². The van der Waals surface area contributed by atoms with Gasteiger partial charge in [-0.15, -0.1) is 16.4 Å². The first-order valence-corrected chi connectivity index (χ1v) is 8.09. The van der Waals surface area contributed by atoms with E-state index in [1.54, 1.807) is 22.2 Å². The van der Waals surface area contributed by atoms with Crippen LogP contribution in [0.1, 0.15) is 0 Å². The van der Waals surface area contributed by atoms with E-state index in [1.165, 1.54) is 0 Å². The Hall–Kier alpha value is -2.99. The molecule has 0 aliphatic carbocycles. The van der Waals surface area contributed by atoms with Crippen molar-refractivity contribution in [3.63, 3.8) is 0 Å². The van der Waals surface area contributed by atoms with Crippen LogP contribution in [-0.4, -0.2) is 24.1 Å². The van der Waals surface area contributed by atoms with Gasteiger partial charge in [0.15, 0.2) is 11.5 Å². The zero-order valence-corrected chi connectivity index (χ0v) is 12.8.